The minimum atomic E-state index is -3.55. The predicted molar refractivity (Wildman–Crippen MR) is 76.6 cm³/mol. The Balaban J connectivity index is 3.10. The Hall–Kier alpha value is -0.620. The maximum absolute atomic E-state index is 12.4. The first-order valence-corrected chi connectivity index (χ1v) is 7.75. The van der Waals surface area contributed by atoms with Gasteiger partial charge >= 0.3 is 0 Å². The van der Waals surface area contributed by atoms with E-state index < -0.39 is 10.0 Å². The van der Waals surface area contributed by atoms with Gasteiger partial charge in [0.05, 0.1) is 11.5 Å². The van der Waals surface area contributed by atoms with Crippen molar-refractivity contribution in [2.45, 2.75) is 32.3 Å². The minimum Gasteiger partial charge on any atom is -0.392 e. The summed E-state index contributed by atoms with van der Waals surface area (Å²) in [6, 6.07) is 4.37. The molecule has 0 atom stereocenters. The zero-order valence-corrected chi connectivity index (χ0v) is 13.2. The number of rotatable bonds is 4. The molecular formula is C13H20ClNO3S. The molecule has 1 aromatic rings. The van der Waals surface area contributed by atoms with Crippen LogP contribution < -0.4 is 0 Å². The van der Waals surface area contributed by atoms with Gasteiger partial charge < -0.3 is 5.11 Å². The summed E-state index contributed by atoms with van der Waals surface area (Å²) in [7, 11) is -2.00. The molecule has 19 heavy (non-hydrogen) atoms. The van der Waals surface area contributed by atoms with Crippen molar-refractivity contribution in [1.82, 2.24) is 4.31 Å². The van der Waals surface area contributed by atoms with Gasteiger partial charge in [0.25, 0.3) is 0 Å². The van der Waals surface area contributed by atoms with Crippen molar-refractivity contribution >= 4 is 21.6 Å². The first kappa shape index (κ1) is 16.4. The van der Waals surface area contributed by atoms with E-state index in [1.807, 2.05) is 20.8 Å². The highest BCUT2D eigenvalue weighted by Gasteiger charge is 2.25. The van der Waals surface area contributed by atoms with Gasteiger partial charge in [0.1, 0.15) is 0 Å². The van der Waals surface area contributed by atoms with Gasteiger partial charge in [-0.1, -0.05) is 38.4 Å². The Kier molecular flexibility index (Phi) is 5.01. The first-order chi connectivity index (χ1) is 8.58. The molecule has 0 saturated heterocycles. The van der Waals surface area contributed by atoms with E-state index in [4.69, 9.17) is 16.7 Å². The number of hydrogen-bond donors (Lipinski definition) is 1. The molecule has 1 N–H and O–H groups in total. The number of halogens is 1. The van der Waals surface area contributed by atoms with Crippen LogP contribution in [-0.4, -0.2) is 31.4 Å². The molecule has 0 saturated carbocycles. The molecule has 1 rings (SSSR count). The predicted octanol–water partition coefficient (Wildman–Crippen LogP) is 2.50. The summed E-state index contributed by atoms with van der Waals surface area (Å²) in [6.07, 6.45) is 0. The molecule has 0 radical (unpaired) electrons. The van der Waals surface area contributed by atoms with Crippen LogP contribution in [0.15, 0.2) is 23.1 Å². The van der Waals surface area contributed by atoms with E-state index in [1.165, 1.54) is 22.5 Å². The van der Waals surface area contributed by atoms with Crippen LogP contribution in [-0.2, 0) is 16.6 Å². The van der Waals surface area contributed by atoms with Crippen LogP contribution in [0.2, 0.25) is 5.02 Å². The monoisotopic (exact) mass is 305 g/mol. The van der Waals surface area contributed by atoms with Crippen LogP contribution >= 0.6 is 11.6 Å². The fourth-order valence-electron chi connectivity index (χ4n) is 1.75. The minimum absolute atomic E-state index is 0.128. The molecule has 0 fully saturated rings. The first-order valence-electron chi connectivity index (χ1n) is 5.93. The molecule has 0 aliphatic heterocycles. The van der Waals surface area contributed by atoms with Crippen LogP contribution in [0, 0.1) is 5.41 Å². The number of benzene rings is 1. The smallest absolute Gasteiger partial charge is 0.242 e. The summed E-state index contributed by atoms with van der Waals surface area (Å²) in [5, 5.41) is 9.29. The number of sulfonamides is 1. The zero-order valence-electron chi connectivity index (χ0n) is 11.6. The average Bonchev–Trinajstić information content (AvgIpc) is 2.26. The van der Waals surface area contributed by atoms with E-state index in [0.717, 1.165) is 0 Å². The lowest BCUT2D eigenvalue weighted by molar-refractivity contribution is 0.282. The summed E-state index contributed by atoms with van der Waals surface area (Å²) < 4.78 is 26.0. The van der Waals surface area contributed by atoms with Gasteiger partial charge in [0.2, 0.25) is 10.0 Å². The van der Waals surface area contributed by atoms with Crippen molar-refractivity contribution in [3.05, 3.63) is 28.8 Å². The van der Waals surface area contributed by atoms with E-state index in [1.54, 1.807) is 7.05 Å². The van der Waals surface area contributed by atoms with Crippen molar-refractivity contribution < 1.29 is 13.5 Å². The second-order valence-electron chi connectivity index (χ2n) is 5.73. The maximum Gasteiger partial charge on any atom is 0.242 e. The third kappa shape index (κ3) is 4.18. The summed E-state index contributed by atoms with van der Waals surface area (Å²) in [4.78, 5) is 0.140. The Morgan fingerprint density at radius 2 is 1.89 bits per heavy atom. The summed E-state index contributed by atoms with van der Waals surface area (Å²) in [6.45, 7) is 6.12. The Labute approximate surface area is 120 Å². The second kappa shape index (κ2) is 5.79. The van der Waals surface area contributed by atoms with E-state index in [9.17, 15) is 8.42 Å². The molecule has 0 aliphatic rings. The fraction of sp³-hybridized carbons (Fsp3) is 0.538. The topological polar surface area (TPSA) is 57.6 Å². The molecule has 0 amide bonds. The molecule has 0 heterocycles. The molecule has 1 aromatic carbocycles. The molecule has 0 aliphatic carbocycles. The normalized spacial score (nSPS) is 13.0. The van der Waals surface area contributed by atoms with Crippen LogP contribution in [0.1, 0.15) is 26.3 Å². The Bertz CT molecular complexity index is 549. The van der Waals surface area contributed by atoms with Gasteiger partial charge in [-0.25, -0.2) is 12.7 Å². The van der Waals surface area contributed by atoms with Gasteiger partial charge in [-0.05, 0) is 23.1 Å². The third-order valence-corrected chi connectivity index (χ3v) is 4.75. The average molecular weight is 306 g/mol. The van der Waals surface area contributed by atoms with Gasteiger partial charge in [0, 0.05) is 18.6 Å². The number of nitrogens with zero attached hydrogens (tertiary/aromatic N) is 1. The molecule has 0 unspecified atom stereocenters. The summed E-state index contributed by atoms with van der Waals surface area (Å²) in [5.74, 6) is 0. The third-order valence-electron chi connectivity index (χ3n) is 2.60. The van der Waals surface area contributed by atoms with Crippen LogP contribution in [0.5, 0.6) is 0 Å². The van der Waals surface area contributed by atoms with Crippen molar-refractivity contribution in [1.29, 1.82) is 0 Å². The highest BCUT2D eigenvalue weighted by atomic mass is 35.5. The van der Waals surface area contributed by atoms with E-state index in [-0.39, 0.29) is 21.9 Å². The van der Waals surface area contributed by atoms with Crippen molar-refractivity contribution in [3.8, 4) is 0 Å². The van der Waals surface area contributed by atoms with Crippen molar-refractivity contribution in [2.24, 2.45) is 5.41 Å². The lowest BCUT2D eigenvalue weighted by Gasteiger charge is -2.26. The Morgan fingerprint density at radius 3 is 2.32 bits per heavy atom. The Morgan fingerprint density at radius 1 is 1.32 bits per heavy atom. The lowest BCUT2D eigenvalue weighted by Crippen LogP contribution is -2.34. The summed E-state index contributed by atoms with van der Waals surface area (Å²) >= 11 is 5.93. The maximum atomic E-state index is 12.4. The molecular weight excluding hydrogens is 286 g/mol. The van der Waals surface area contributed by atoms with Gasteiger partial charge in [-0.3, -0.25) is 0 Å². The zero-order chi connectivity index (χ0) is 14.8. The standard InChI is InChI=1S/C13H20ClNO3S/c1-13(2,3)9-15(4)19(17,18)11-6-5-10(8-16)12(14)7-11/h5-7,16H,8-9H2,1-4H3. The largest absolute Gasteiger partial charge is 0.392 e. The van der Waals surface area contributed by atoms with Crippen LogP contribution in [0.4, 0.5) is 0 Å². The number of hydrogen-bond acceptors (Lipinski definition) is 3. The molecule has 0 spiro atoms. The van der Waals surface area contributed by atoms with E-state index >= 15 is 0 Å². The molecule has 0 bridgehead atoms. The van der Waals surface area contributed by atoms with Crippen molar-refractivity contribution in [3.63, 3.8) is 0 Å². The van der Waals surface area contributed by atoms with Gasteiger partial charge in [-0.15, -0.1) is 0 Å². The number of aliphatic hydroxyl groups excluding tert-OH is 1. The number of aliphatic hydroxyl groups is 1. The van der Waals surface area contributed by atoms with Crippen LogP contribution in [0.25, 0.3) is 0 Å². The summed E-state index contributed by atoms with van der Waals surface area (Å²) in [5.41, 5.74) is 0.385. The highest BCUT2D eigenvalue weighted by Crippen LogP contribution is 2.25. The fourth-order valence-corrected chi connectivity index (χ4v) is 3.48. The second-order valence-corrected chi connectivity index (χ2v) is 8.19. The molecule has 4 nitrogen and oxygen atoms in total. The van der Waals surface area contributed by atoms with E-state index in [2.05, 4.69) is 0 Å². The quantitative estimate of drug-likeness (QED) is 0.930. The molecule has 6 heteroatoms. The molecule has 108 valence electrons. The van der Waals surface area contributed by atoms with Gasteiger partial charge in [-0.2, -0.15) is 0 Å². The highest BCUT2D eigenvalue weighted by molar-refractivity contribution is 7.89. The van der Waals surface area contributed by atoms with E-state index in [0.29, 0.717) is 12.1 Å². The molecule has 0 aromatic heterocycles. The van der Waals surface area contributed by atoms with Crippen LogP contribution in [0.3, 0.4) is 0 Å². The lowest BCUT2D eigenvalue weighted by atomic mass is 9.97. The SMILES string of the molecule is CN(CC(C)(C)C)S(=O)(=O)c1ccc(CO)c(Cl)c1. The van der Waals surface area contributed by atoms with Crippen molar-refractivity contribution in [2.75, 3.05) is 13.6 Å². The van der Waals surface area contributed by atoms with Gasteiger partial charge in [0.15, 0.2) is 0 Å².